The Morgan fingerprint density at radius 1 is 0.470 bits per heavy atom. The van der Waals surface area contributed by atoms with Crippen LogP contribution in [-0.2, 0) is 14.3 Å². The van der Waals surface area contributed by atoms with Gasteiger partial charge in [-0.05, 0) is 77.0 Å². The van der Waals surface area contributed by atoms with Gasteiger partial charge in [0, 0.05) is 6.42 Å². The molecule has 0 aromatic rings. The minimum Gasteiger partial charge on any atom is -0.462 e. The third-order valence-corrected chi connectivity index (χ3v) is 12.2. The van der Waals surface area contributed by atoms with E-state index in [0.717, 1.165) is 70.6 Å². The number of aliphatic hydroxyl groups excluding tert-OH is 2. The quantitative estimate of drug-likeness (QED) is 0.0245. The van der Waals surface area contributed by atoms with Gasteiger partial charge in [-0.25, -0.2) is 0 Å². The molecule has 0 saturated heterocycles. The van der Waals surface area contributed by atoms with Crippen LogP contribution >= 0.6 is 0 Å². The Labute approximate surface area is 408 Å². The van der Waals surface area contributed by atoms with Gasteiger partial charge in [-0.3, -0.25) is 9.59 Å². The number of carbonyl (C=O) groups is 2. The molecule has 0 heterocycles. The third kappa shape index (κ3) is 47.5. The first-order valence-electron chi connectivity index (χ1n) is 27.8. The number of allylic oxidation sites excluding steroid dienone is 14. The molecular formula is C60H105NO5. The number of unbranched alkanes of at least 4 members (excludes halogenated alkanes) is 24. The van der Waals surface area contributed by atoms with Gasteiger partial charge < -0.3 is 20.3 Å². The zero-order valence-corrected chi connectivity index (χ0v) is 43.3. The topological polar surface area (TPSA) is 95.9 Å². The van der Waals surface area contributed by atoms with Gasteiger partial charge >= 0.3 is 5.97 Å². The molecule has 66 heavy (non-hydrogen) atoms. The normalized spacial score (nSPS) is 13.8. The molecule has 0 aromatic heterocycles. The SMILES string of the molecule is CC/C=C/C/C=C/C/C=C/C/C=C/C/C=C/CCC(=O)OC(CCC/C=C/C=C/CCCCCCCCC)CC(=O)NC(CO)C(O)CCCCCCCCCCCCCCCCCCC. The number of ether oxygens (including phenoxy) is 1. The largest absolute Gasteiger partial charge is 0.462 e. The average Bonchev–Trinajstić information content (AvgIpc) is 3.31. The monoisotopic (exact) mass is 920 g/mol. The van der Waals surface area contributed by atoms with Crippen LogP contribution in [0.3, 0.4) is 0 Å². The smallest absolute Gasteiger partial charge is 0.306 e. The van der Waals surface area contributed by atoms with E-state index >= 15 is 0 Å². The molecule has 380 valence electrons. The van der Waals surface area contributed by atoms with Crippen molar-refractivity contribution in [1.82, 2.24) is 5.32 Å². The van der Waals surface area contributed by atoms with Gasteiger partial charge in [0.15, 0.2) is 0 Å². The fraction of sp³-hybridized carbons (Fsp3) is 0.733. The Morgan fingerprint density at radius 3 is 1.33 bits per heavy atom. The summed E-state index contributed by atoms with van der Waals surface area (Å²) in [4.78, 5) is 26.2. The summed E-state index contributed by atoms with van der Waals surface area (Å²) in [5.74, 6) is -0.620. The summed E-state index contributed by atoms with van der Waals surface area (Å²) in [7, 11) is 0. The molecule has 0 saturated carbocycles. The molecule has 6 heteroatoms. The predicted molar refractivity (Wildman–Crippen MR) is 287 cm³/mol. The highest BCUT2D eigenvalue weighted by Crippen LogP contribution is 2.17. The summed E-state index contributed by atoms with van der Waals surface area (Å²) in [6.07, 6.45) is 69.5. The maximum absolute atomic E-state index is 13.2. The molecule has 3 N–H and O–H groups in total. The number of nitrogens with one attached hydrogen (secondary N) is 1. The lowest BCUT2D eigenvalue weighted by Crippen LogP contribution is -2.46. The molecule has 0 aliphatic carbocycles. The lowest BCUT2D eigenvalue weighted by Gasteiger charge is -2.24. The second kappa shape index (κ2) is 53.0. The lowest BCUT2D eigenvalue weighted by atomic mass is 10.0. The van der Waals surface area contributed by atoms with Crippen LogP contribution in [0.4, 0.5) is 0 Å². The number of aliphatic hydroxyl groups is 2. The molecule has 0 spiro atoms. The van der Waals surface area contributed by atoms with Crippen LogP contribution in [0.2, 0.25) is 0 Å². The number of hydrogen-bond acceptors (Lipinski definition) is 5. The van der Waals surface area contributed by atoms with Crippen molar-refractivity contribution in [2.45, 2.75) is 277 Å². The summed E-state index contributed by atoms with van der Waals surface area (Å²) < 4.78 is 5.87. The van der Waals surface area contributed by atoms with E-state index in [1.54, 1.807) is 0 Å². The van der Waals surface area contributed by atoms with Crippen molar-refractivity contribution < 1.29 is 24.5 Å². The van der Waals surface area contributed by atoms with Gasteiger partial charge in [-0.15, -0.1) is 0 Å². The average molecular weight is 921 g/mol. The first-order valence-corrected chi connectivity index (χ1v) is 27.8. The van der Waals surface area contributed by atoms with Crippen LogP contribution in [-0.4, -0.2) is 46.9 Å². The van der Waals surface area contributed by atoms with E-state index in [4.69, 9.17) is 4.74 Å². The number of hydrogen-bond donors (Lipinski definition) is 3. The molecule has 0 fully saturated rings. The lowest BCUT2D eigenvalue weighted by molar-refractivity contribution is -0.150. The van der Waals surface area contributed by atoms with Crippen LogP contribution < -0.4 is 5.32 Å². The maximum Gasteiger partial charge on any atom is 0.306 e. The molecule has 1 amide bonds. The molecule has 0 aliphatic rings. The van der Waals surface area contributed by atoms with Crippen molar-refractivity contribution >= 4 is 11.9 Å². The zero-order chi connectivity index (χ0) is 48.1. The van der Waals surface area contributed by atoms with E-state index in [9.17, 15) is 19.8 Å². The second-order valence-corrected chi connectivity index (χ2v) is 18.6. The maximum atomic E-state index is 13.2. The molecule has 3 atom stereocenters. The van der Waals surface area contributed by atoms with Gasteiger partial charge in [0.05, 0.1) is 25.2 Å². The van der Waals surface area contributed by atoms with E-state index in [0.29, 0.717) is 19.3 Å². The molecule has 0 aromatic carbocycles. The van der Waals surface area contributed by atoms with Crippen molar-refractivity contribution in [3.05, 3.63) is 85.1 Å². The van der Waals surface area contributed by atoms with Gasteiger partial charge in [-0.2, -0.15) is 0 Å². The molecule has 3 unspecified atom stereocenters. The zero-order valence-electron chi connectivity index (χ0n) is 43.3. The number of amides is 1. The first kappa shape index (κ1) is 63.0. The Balaban J connectivity index is 4.69. The standard InChI is InChI=1S/C60H105NO5/c1-4-7-10-13-16-19-22-25-28-30-31-34-37-40-43-46-49-52-58(63)57(55-62)61-59(64)54-56(51-48-45-42-39-36-33-27-24-21-18-15-12-9-6-3)66-60(65)53-50-47-44-41-38-35-32-29-26-23-20-17-14-11-8-5-2/h8,11,17,20,26,29,33,35-36,38-39,42,44,47,56-58,62-63H,4-7,9-10,12-16,18-19,21-25,27-28,30-32,34,37,40-41,43,45-46,48-55H2,1-3H3,(H,61,64)/b11-8+,20-17+,29-26+,36-33+,38-35+,42-39+,47-44+. The van der Waals surface area contributed by atoms with Gasteiger partial charge in [0.25, 0.3) is 0 Å². The molecule has 0 rings (SSSR count). The van der Waals surface area contributed by atoms with E-state index in [2.05, 4.69) is 105 Å². The van der Waals surface area contributed by atoms with E-state index in [1.807, 2.05) is 6.08 Å². The Morgan fingerprint density at radius 2 is 0.879 bits per heavy atom. The number of carbonyl (C=O) groups excluding carboxylic acids is 2. The number of esters is 1. The Bertz CT molecular complexity index is 1260. The van der Waals surface area contributed by atoms with E-state index in [1.165, 1.54) is 135 Å². The highest BCUT2D eigenvalue weighted by Gasteiger charge is 2.24. The van der Waals surface area contributed by atoms with Crippen molar-refractivity contribution in [3.8, 4) is 0 Å². The summed E-state index contributed by atoms with van der Waals surface area (Å²) >= 11 is 0. The highest BCUT2D eigenvalue weighted by molar-refractivity contribution is 5.77. The van der Waals surface area contributed by atoms with Crippen LogP contribution in [0.5, 0.6) is 0 Å². The first-order chi connectivity index (χ1) is 32.5. The molecule has 0 bridgehead atoms. The summed E-state index contributed by atoms with van der Waals surface area (Å²) in [6, 6.07) is -0.735. The highest BCUT2D eigenvalue weighted by atomic mass is 16.5. The van der Waals surface area contributed by atoms with Crippen molar-refractivity contribution in [2.24, 2.45) is 0 Å². The van der Waals surface area contributed by atoms with Crippen LogP contribution in [0.15, 0.2) is 85.1 Å². The van der Waals surface area contributed by atoms with Crippen LogP contribution in [0.1, 0.15) is 258 Å². The summed E-state index contributed by atoms with van der Waals surface area (Å²) in [5, 5.41) is 23.8. The van der Waals surface area contributed by atoms with Crippen molar-refractivity contribution in [2.75, 3.05) is 6.61 Å². The molecule has 0 aliphatic heterocycles. The minimum absolute atomic E-state index is 0.0117. The predicted octanol–water partition coefficient (Wildman–Crippen LogP) is 17.1. The fourth-order valence-electron chi connectivity index (χ4n) is 8.07. The second-order valence-electron chi connectivity index (χ2n) is 18.6. The van der Waals surface area contributed by atoms with Gasteiger partial charge in [0.2, 0.25) is 5.91 Å². The Hall–Kier alpha value is -2.96. The summed E-state index contributed by atoms with van der Waals surface area (Å²) in [6.45, 7) is 6.35. The van der Waals surface area contributed by atoms with Crippen molar-refractivity contribution in [3.63, 3.8) is 0 Å². The van der Waals surface area contributed by atoms with E-state index in [-0.39, 0.29) is 31.3 Å². The molecule has 0 radical (unpaired) electrons. The number of rotatable bonds is 49. The third-order valence-electron chi connectivity index (χ3n) is 12.2. The fourth-order valence-corrected chi connectivity index (χ4v) is 8.07. The van der Waals surface area contributed by atoms with Gasteiger partial charge in [0.1, 0.15) is 6.10 Å². The minimum atomic E-state index is -0.816. The van der Waals surface area contributed by atoms with E-state index < -0.39 is 18.2 Å². The molecular weight excluding hydrogens is 815 g/mol. The molecule has 6 nitrogen and oxygen atoms in total. The Kier molecular flexibility index (Phi) is 50.6. The summed E-state index contributed by atoms with van der Waals surface area (Å²) in [5.41, 5.74) is 0. The van der Waals surface area contributed by atoms with Crippen LogP contribution in [0, 0.1) is 0 Å². The van der Waals surface area contributed by atoms with Crippen molar-refractivity contribution in [1.29, 1.82) is 0 Å². The van der Waals surface area contributed by atoms with Crippen LogP contribution in [0.25, 0.3) is 0 Å². The van der Waals surface area contributed by atoms with Gasteiger partial charge in [-0.1, -0.05) is 254 Å².